The quantitative estimate of drug-likeness (QED) is 0.435. The molecule has 1 saturated heterocycles. The Kier molecular flexibility index (Phi) is 7.25. The Morgan fingerprint density at radius 1 is 1.62 bits per heavy atom. The lowest BCUT2D eigenvalue weighted by Crippen LogP contribution is -2.45. The Bertz CT molecular complexity index is 232. The van der Waals surface area contributed by atoms with Crippen LogP contribution in [0.5, 0.6) is 0 Å². The molecule has 0 aromatic carbocycles. The van der Waals surface area contributed by atoms with Gasteiger partial charge in [0.2, 0.25) is 0 Å². The van der Waals surface area contributed by atoms with E-state index in [1.807, 2.05) is 6.92 Å². The molecule has 0 amide bonds. The van der Waals surface area contributed by atoms with Crippen molar-refractivity contribution in [3.05, 3.63) is 0 Å². The van der Waals surface area contributed by atoms with Crippen LogP contribution in [0.3, 0.4) is 0 Å². The minimum Gasteiger partial charge on any atom is -0.383 e. The summed E-state index contributed by atoms with van der Waals surface area (Å²) in [6, 6.07) is 0.184. The molecule has 1 unspecified atom stereocenters. The monoisotopic (exact) mass is 343 g/mol. The van der Waals surface area contributed by atoms with Crippen molar-refractivity contribution in [2.24, 2.45) is 16.1 Å². The van der Waals surface area contributed by atoms with Crippen molar-refractivity contribution in [3.8, 4) is 0 Å². The number of hydrogen-bond donors (Lipinski definition) is 2. The van der Waals surface area contributed by atoms with Crippen LogP contribution in [-0.4, -0.2) is 45.5 Å². The second-order valence-corrected chi connectivity index (χ2v) is 4.51. The number of guanidine groups is 1. The molecule has 0 radical (unpaired) electrons. The Balaban J connectivity index is 0.00000225. The maximum atomic E-state index is 5.73. The normalized spacial score (nSPS) is 20.6. The minimum absolute atomic E-state index is 0. The fourth-order valence-corrected chi connectivity index (χ4v) is 1.41. The molecule has 16 heavy (non-hydrogen) atoms. The first-order valence-electron chi connectivity index (χ1n) is 5.19. The van der Waals surface area contributed by atoms with Gasteiger partial charge in [-0.3, -0.25) is 4.99 Å². The maximum absolute atomic E-state index is 5.73. The van der Waals surface area contributed by atoms with Gasteiger partial charge in [-0.15, -0.1) is 24.0 Å². The second-order valence-electron chi connectivity index (χ2n) is 4.51. The highest BCUT2D eigenvalue weighted by Crippen LogP contribution is 2.26. The van der Waals surface area contributed by atoms with Gasteiger partial charge in [-0.1, -0.05) is 6.92 Å². The van der Waals surface area contributed by atoms with Crippen LogP contribution >= 0.6 is 24.0 Å². The highest BCUT2D eigenvalue weighted by molar-refractivity contribution is 14.0. The van der Waals surface area contributed by atoms with E-state index in [0.717, 1.165) is 13.2 Å². The van der Waals surface area contributed by atoms with E-state index >= 15 is 0 Å². The van der Waals surface area contributed by atoms with Crippen molar-refractivity contribution in [1.82, 2.24) is 5.32 Å². The van der Waals surface area contributed by atoms with Gasteiger partial charge in [-0.2, -0.15) is 0 Å². The zero-order valence-electron chi connectivity index (χ0n) is 10.2. The molecule has 0 bridgehead atoms. The number of halogens is 1. The molecule has 1 rings (SSSR count). The van der Waals surface area contributed by atoms with E-state index in [-0.39, 0.29) is 35.4 Å². The first-order chi connectivity index (χ1) is 7.06. The first kappa shape index (κ1) is 15.9. The average Bonchev–Trinajstić information content (AvgIpc) is 2.12. The smallest absolute Gasteiger partial charge is 0.188 e. The minimum atomic E-state index is 0. The molecule has 0 aromatic heterocycles. The molecular formula is C10H22IN3O2. The van der Waals surface area contributed by atoms with Gasteiger partial charge < -0.3 is 20.5 Å². The van der Waals surface area contributed by atoms with Gasteiger partial charge in [0.1, 0.15) is 0 Å². The number of nitrogens with two attached hydrogens (primary N) is 1. The molecule has 1 aliphatic rings. The summed E-state index contributed by atoms with van der Waals surface area (Å²) in [6.45, 7) is 7.03. The summed E-state index contributed by atoms with van der Waals surface area (Å²) in [6.07, 6.45) is 0. The fourth-order valence-electron chi connectivity index (χ4n) is 1.41. The van der Waals surface area contributed by atoms with Crippen molar-refractivity contribution in [2.75, 3.05) is 33.5 Å². The zero-order valence-corrected chi connectivity index (χ0v) is 12.5. The maximum Gasteiger partial charge on any atom is 0.188 e. The summed E-state index contributed by atoms with van der Waals surface area (Å²) in [5.74, 6) is 0.479. The molecule has 0 aromatic rings. The third-order valence-corrected chi connectivity index (χ3v) is 2.34. The van der Waals surface area contributed by atoms with Crippen molar-refractivity contribution in [3.63, 3.8) is 0 Å². The molecule has 0 saturated carbocycles. The van der Waals surface area contributed by atoms with Crippen molar-refractivity contribution in [2.45, 2.75) is 19.9 Å². The third-order valence-electron chi connectivity index (χ3n) is 2.34. The van der Waals surface area contributed by atoms with Crippen LogP contribution in [0.2, 0.25) is 0 Å². The molecule has 1 atom stereocenters. The van der Waals surface area contributed by atoms with E-state index in [0.29, 0.717) is 19.1 Å². The topological polar surface area (TPSA) is 68.9 Å². The van der Waals surface area contributed by atoms with Crippen LogP contribution < -0.4 is 11.1 Å². The summed E-state index contributed by atoms with van der Waals surface area (Å²) in [5.41, 5.74) is 5.91. The molecule has 6 heteroatoms. The van der Waals surface area contributed by atoms with Crippen molar-refractivity contribution in [1.29, 1.82) is 0 Å². The molecule has 1 fully saturated rings. The van der Waals surface area contributed by atoms with E-state index in [9.17, 15) is 0 Å². The predicted octanol–water partition coefficient (Wildman–Crippen LogP) is 0.580. The second kappa shape index (κ2) is 7.29. The largest absolute Gasteiger partial charge is 0.383 e. The Morgan fingerprint density at radius 2 is 2.25 bits per heavy atom. The standard InChI is InChI=1S/C10H21N3O2.HI/c1-8(4-14-3)13-9(11)12-5-10(2)6-15-7-10;/h8H,4-7H2,1-3H3,(H3,11,12,13);1H. The van der Waals surface area contributed by atoms with Crippen molar-refractivity contribution >= 4 is 29.9 Å². The fraction of sp³-hybridized carbons (Fsp3) is 0.900. The van der Waals surface area contributed by atoms with Gasteiger partial charge in [-0.05, 0) is 6.92 Å². The molecular weight excluding hydrogens is 321 g/mol. The van der Waals surface area contributed by atoms with E-state index < -0.39 is 0 Å². The van der Waals surface area contributed by atoms with Crippen LogP contribution in [0.1, 0.15) is 13.8 Å². The predicted molar refractivity (Wildman–Crippen MR) is 75.3 cm³/mol. The first-order valence-corrected chi connectivity index (χ1v) is 5.19. The van der Waals surface area contributed by atoms with Crippen molar-refractivity contribution < 1.29 is 9.47 Å². The Labute approximate surface area is 114 Å². The summed E-state index contributed by atoms with van der Waals surface area (Å²) >= 11 is 0. The van der Waals surface area contributed by atoms with Crippen LogP contribution in [0, 0.1) is 5.41 Å². The van der Waals surface area contributed by atoms with E-state index in [4.69, 9.17) is 15.2 Å². The average molecular weight is 343 g/mol. The summed E-state index contributed by atoms with van der Waals surface area (Å²) in [5, 5.41) is 3.06. The number of nitrogens with zero attached hydrogens (tertiary/aromatic N) is 1. The molecule has 0 aliphatic carbocycles. The molecule has 1 heterocycles. The van der Waals surface area contributed by atoms with Gasteiger partial charge in [0.05, 0.1) is 26.4 Å². The van der Waals surface area contributed by atoms with Crippen LogP contribution in [-0.2, 0) is 9.47 Å². The van der Waals surface area contributed by atoms with Crippen LogP contribution in [0.15, 0.2) is 4.99 Å². The van der Waals surface area contributed by atoms with Gasteiger partial charge in [0.25, 0.3) is 0 Å². The zero-order chi connectivity index (χ0) is 11.3. The highest BCUT2D eigenvalue weighted by Gasteiger charge is 2.32. The lowest BCUT2D eigenvalue weighted by atomic mass is 9.89. The van der Waals surface area contributed by atoms with Gasteiger partial charge >= 0.3 is 0 Å². The van der Waals surface area contributed by atoms with Crippen LogP contribution in [0.25, 0.3) is 0 Å². The summed E-state index contributed by atoms with van der Waals surface area (Å²) in [4.78, 5) is 4.29. The summed E-state index contributed by atoms with van der Waals surface area (Å²) in [7, 11) is 1.66. The van der Waals surface area contributed by atoms with E-state index in [1.165, 1.54) is 0 Å². The number of rotatable bonds is 5. The number of methoxy groups -OCH3 is 1. The number of nitrogens with one attached hydrogen (secondary N) is 1. The Hall–Kier alpha value is -0.0800. The van der Waals surface area contributed by atoms with E-state index in [1.54, 1.807) is 7.11 Å². The number of ether oxygens (including phenoxy) is 2. The Morgan fingerprint density at radius 3 is 2.69 bits per heavy atom. The molecule has 5 nitrogen and oxygen atoms in total. The lowest BCUT2D eigenvalue weighted by Gasteiger charge is -2.36. The highest BCUT2D eigenvalue weighted by atomic mass is 127. The summed E-state index contributed by atoms with van der Waals surface area (Å²) < 4.78 is 10.1. The molecule has 0 spiro atoms. The number of aliphatic imine (C=N–C) groups is 1. The van der Waals surface area contributed by atoms with Crippen LogP contribution in [0.4, 0.5) is 0 Å². The van der Waals surface area contributed by atoms with E-state index in [2.05, 4.69) is 17.2 Å². The number of hydrogen-bond acceptors (Lipinski definition) is 3. The van der Waals surface area contributed by atoms with Gasteiger partial charge in [0.15, 0.2) is 5.96 Å². The lowest BCUT2D eigenvalue weighted by molar-refractivity contribution is -0.0945. The molecule has 3 N–H and O–H groups in total. The van der Waals surface area contributed by atoms with Gasteiger partial charge in [0, 0.05) is 18.6 Å². The molecule has 1 aliphatic heterocycles. The third kappa shape index (κ3) is 5.31. The van der Waals surface area contributed by atoms with Gasteiger partial charge in [-0.25, -0.2) is 0 Å². The molecule has 96 valence electrons. The SMILES string of the molecule is COCC(C)NC(N)=NCC1(C)COC1.I.